The van der Waals surface area contributed by atoms with Gasteiger partial charge in [0.1, 0.15) is 12.2 Å². The molecule has 0 aromatic carbocycles. The van der Waals surface area contributed by atoms with E-state index in [9.17, 15) is 24.9 Å². The van der Waals surface area contributed by atoms with E-state index in [1.807, 2.05) is 6.92 Å². The van der Waals surface area contributed by atoms with Crippen LogP contribution in [0, 0.1) is 28.6 Å². The molecule has 154 valence electrons. The summed E-state index contributed by atoms with van der Waals surface area (Å²) < 4.78 is 16.9. The number of hydrogen-bond donors (Lipinski definition) is 3. The Morgan fingerprint density at radius 3 is 2.64 bits per heavy atom. The Morgan fingerprint density at radius 2 is 2.00 bits per heavy atom. The minimum atomic E-state index is -1.99. The monoisotopic (exact) mass is 392 g/mol. The van der Waals surface area contributed by atoms with Gasteiger partial charge in [-0.25, -0.2) is 4.39 Å². The van der Waals surface area contributed by atoms with Crippen LogP contribution in [0.5, 0.6) is 0 Å². The molecule has 3 N–H and O–H groups in total. The van der Waals surface area contributed by atoms with Crippen molar-refractivity contribution in [2.24, 2.45) is 28.6 Å². The van der Waals surface area contributed by atoms with Crippen LogP contribution in [-0.2, 0) is 9.59 Å². The molecular formula is C22H29FO5. The van der Waals surface area contributed by atoms with Gasteiger partial charge in [-0.15, -0.1) is 0 Å². The average Bonchev–Trinajstić information content (AvgIpc) is 2.91. The molecule has 3 saturated carbocycles. The summed E-state index contributed by atoms with van der Waals surface area (Å²) in [5.41, 5.74) is -5.14. The molecule has 0 spiro atoms. The summed E-state index contributed by atoms with van der Waals surface area (Å²) in [4.78, 5) is 24.3. The van der Waals surface area contributed by atoms with Crippen molar-refractivity contribution in [2.45, 2.75) is 63.8 Å². The maximum atomic E-state index is 16.9. The Hall–Kier alpha value is -1.37. The highest BCUT2D eigenvalue weighted by molar-refractivity contribution is 6.01. The van der Waals surface area contributed by atoms with E-state index < -0.39 is 46.5 Å². The number of rotatable bonds is 2. The van der Waals surface area contributed by atoms with Crippen molar-refractivity contribution < 1.29 is 29.3 Å². The maximum absolute atomic E-state index is 16.9. The van der Waals surface area contributed by atoms with Crippen molar-refractivity contribution in [2.75, 3.05) is 6.61 Å². The molecule has 4 aliphatic rings. The van der Waals surface area contributed by atoms with E-state index in [-0.39, 0.29) is 30.5 Å². The van der Waals surface area contributed by atoms with Gasteiger partial charge in [-0.05, 0) is 56.6 Å². The highest BCUT2D eigenvalue weighted by Gasteiger charge is 2.74. The lowest BCUT2D eigenvalue weighted by atomic mass is 9.43. The minimum Gasteiger partial charge on any atom is -0.390 e. The normalized spacial score (nSPS) is 52.5. The number of fused-ring (bicyclic) bond motifs is 5. The number of alkyl halides is 1. The predicted molar refractivity (Wildman–Crippen MR) is 99.9 cm³/mol. The number of Topliss-reactive ketones (excluding diaryl/α,β-unsaturated/α-hetero) is 1. The van der Waals surface area contributed by atoms with Crippen molar-refractivity contribution >= 4 is 11.6 Å². The van der Waals surface area contributed by atoms with Crippen LogP contribution in [0.3, 0.4) is 0 Å². The van der Waals surface area contributed by atoms with Crippen LogP contribution in [0.4, 0.5) is 4.39 Å². The summed E-state index contributed by atoms with van der Waals surface area (Å²) in [7, 11) is 0. The molecule has 5 nitrogen and oxygen atoms in total. The topological polar surface area (TPSA) is 94.8 Å². The number of carbonyl (C=O) groups is 2. The molecule has 6 heteroatoms. The summed E-state index contributed by atoms with van der Waals surface area (Å²) in [6.45, 7) is 4.69. The van der Waals surface area contributed by atoms with E-state index in [4.69, 9.17) is 0 Å². The standard InChI is InChI=1S/C22H29FO5/c1-12-8-16-14-5-7-21(28,18(27)11-24)20(14,3)10-17(26)22(16,23)19(2)6-4-13(25)9-15(12)19/h4,6,9,12,14,16-17,24,26,28H,5,7-8,10-11H2,1-3H3/t12?,14-,16-,17?,19-,20-,21-,22?/m0/s1. The number of aliphatic hydroxyl groups excluding tert-OH is 2. The zero-order valence-electron chi connectivity index (χ0n) is 16.6. The van der Waals surface area contributed by atoms with Crippen LogP contribution in [0.2, 0.25) is 0 Å². The first-order valence-electron chi connectivity index (χ1n) is 10.1. The van der Waals surface area contributed by atoms with Gasteiger partial charge in [-0.2, -0.15) is 0 Å². The second kappa shape index (κ2) is 5.83. The molecule has 3 unspecified atom stereocenters. The van der Waals surface area contributed by atoms with E-state index in [1.165, 1.54) is 12.2 Å². The van der Waals surface area contributed by atoms with E-state index in [0.717, 1.165) is 0 Å². The molecule has 8 atom stereocenters. The second-order valence-electron chi connectivity index (χ2n) is 9.77. The van der Waals surface area contributed by atoms with E-state index in [2.05, 4.69) is 0 Å². The Labute approximate surface area is 164 Å². The minimum absolute atomic E-state index is 0.0513. The van der Waals surface area contributed by atoms with Crippen LogP contribution in [0.1, 0.15) is 46.5 Å². The molecular weight excluding hydrogens is 363 g/mol. The third-order valence-electron chi connectivity index (χ3n) is 8.73. The fourth-order valence-electron chi connectivity index (χ4n) is 7.19. The lowest BCUT2D eigenvalue weighted by Gasteiger charge is -2.63. The lowest BCUT2D eigenvalue weighted by molar-refractivity contribution is -0.221. The molecule has 0 heterocycles. The van der Waals surface area contributed by atoms with Crippen molar-refractivity contribution in [1.82, 2.24) is 0 Å². The number of allylic oxidation sites excluding steroid dienone is 4. The smallest absolute Gasteiger partial charge is 0.190 e. The van der Waals surface area contributed by atoms with Gasteiger partial charge >= 0.3 is 0 Å². The second-order valence-corrected chi connectivity index (χ2v) is 9.77. The number of ketones is 2. The van der Waals surface area contributed by atoms with Crippen LogP contribution >= 0.6 is 0 Å². The quantitative estimate of drug-likeness (QED) is 0.667. The predicted octanol–water partition coefficient (Wildman–Crippen LogP) is 1.90. The molecule has 4 aliphatic carbocycles. The first-order chi connectivity index (χ1) is 13.0. The van der Waals surface area contributed by atoms with Gasteiger partial charge in [0.05, 0.1) is 6.10 Å². The first kappa shape index (κ1) is 19.9. The third-order valence-corrected chi connectivity index (χ3v) is 8.73. The largest absolute Gasteiger partial charge is 0.390 e. The van der Waals surface area contributed by atoms with Gasteiger partial charge in [-0.3, -0.25) is 9.59 Å². The van der Waals surface area contributed by atoms with E-state index in [1.54, 1.807) is 19.9 Å². The molecule has 0 radical (unpaired) electrons. The summed E-state index contributed by atoms with van der Waals surface area (Å²) in [5, 5.41) is 31.7. The molecule has 0 amide bonds. The van der Waals surface area contributed by atoms with Gasteiger partial charge in [-0.1, -0.05) is 25.5 Å². The van der Waals surface area contributed by atoms with Crippen LogP contribution in [-0.4, -0.2) is 50.9 Å². The Bertz CT molecular complexity index is 805. The first-order valence-corrected chi connectivity index (χ1v) is 10.1. The fraction of sp³-hybridized carbons (Fsp3) is 0.727. The molecule has 0 aliphatic heterocycles. The molecule has 4 rings (SSSR count). The van der Waals surface area contributed by atoms with Gasteiger partial charge in [0.2, 0.25) is 0 Å². The number of halogens is 1. The molecule has 0 saturated heterocycles. The zero-order valence-corrected chi connectivity index (χ0v) is 16.6. The van der Waals surface area contributed by atoms with Crippen molar-refractivity contribution in [3.05, 3.63) is 23.8 Å². The van der Waals surface area contributed by atoms with Gasteiger partial charge in [0, 0.05) is 16.7 Å². The summed E-state index contributed by atoms with van der Waals surface area (Å²) in [5.74, 6) is -1.73. The summed E-state index contributed by atoms with van der Waals surface area (Å²) in [6.07, 6.45) is 4.09. The average molecular weight is 392 g/mol. The molecule has 0 bridgehead atoms. The highest BCUT2D eigenvalue weighted by atomic mass is 19.1. The van der Waals surface area contributed by atoms with Crippen molar-refractivity contribution in [3.8, 4) is 0 Å². The molecule has 28 heavy (non-hydrogen) atoms. The Morgan fingerprint density at radius 1 is 1.32 bits per heavy atom. The lowest BCUT2D eigenvalue weighted by Crippen LogP contribution is -2.69. The van der Waals surface area contributed by atoms with Crippen molar-refractivity contribution in [1.29, 1.82) is 0 Å². The summed E-state index contributed by atoms with van der Waals surface area (Å²) in [6, 6.07) is 0. The third kappa shape index (κ3) is 2.06. The summed E-state index contributed by atoms with van der Waals surface area (Å²) >= 11 is 0. The van der Waals surface area contributed by atoms with Gasteiger partial charge in [0.15, 0.2) is 17.2 Å². The molecule has 0 aromatic rings. The molecule has 3 fully saturated rings. The number of aliphatic hydroxyl groups is 3. The molecule has 0 aromatic heterocycles. The zero-order chi connectivity index (χ0) is 20.7. The Balaban J connectivity index is 1.84. The SMILES string of the molecule is CC1C[C@H]2[C@@H]3CC[C@](O)(C(=O)CO)[C@@]3(C)CC(O)C2(F)[C@@]2(C)C=CC(=O)C=C12. The van der Waals surface area contributed by atoms with E-state index in [0.29, 0.717) is 18.4 Å². The highest BCUT2D eigenvalue weighted by Crippen LogP contribution is 2.70. The van der Waals surface area contributed by atoms with Gasteiger partial charge < -0.3 is 15.3 Å². The van der Waals surface area contributed by atoms with Crippen molar-refractivity contribution in [3.63, 3.8) is 0 Å². The van der Waals surface area contributed by atoms with E-state index >= 15 is 4.39 Å². The number of carbonyl (C=O) groups excluding carboxylic acids is 2. The maximum Gasteiger partial charge on any atom is 0.190 e. The van der Waals surface area contributed by atoms with Crippen LogP contribution in [0.15, 0.2) is 23.8 Å². The number of hydrogen-bond acceptors (Lipinski definition) is 5. The van der Waals surface area contributed by atoms with Gasteiger partial charge in [0.25, 0.3) is 0 Å². The fourth-order valence-corrected chi connectivity index (χ4v) is 7.19. The Kier molecular flexibility index (Phi) is 4.15. The van der Waals surface area contributed by atoms with Crippen LogP contribution < -0.4 is 0 Å². The van der Waals surface area contributed by atoms with Crippen LogP contribution in [0.25, 0.3) is 0 Å².